The second kappa shape index (κ2) is 10.2. The van der Waals surface area contributed by atoms with E-state index in [1.54, 1.807) is 11.1 Å². The van der Waals surface area contributed by atoms with Crippen molar-refractivity contribution >= 4 is 0 Å². The lowest BCUT2D eigenvalue weighted by Crippen LogP contribution is -2.71. The lowest BCUT2D eigenvalue weighted by atomic mass is 9.33. The number of aliphatic hydroxyl groups is 1. The molecule has 2 nitrogen and oxygen atoms in total. The van der Waals surface area contributed by atoms with Gasteiger partial charge < -0.3 is 9.84 Å². The quantitative estimate of drug-likeness (QED) is 0.277. The molecule has 0 aliphatic heterocycles. The highest BCUT2D eigenvalue weighted by Gasteiger charge is 2.72. The lowest BCUT2D eigenvalue weighted by molar-refractivity contribution is -0.290. The van der Waals surface area contributed by atoms with E-state index in [1.807, 2.05) is 6.92 Å². The Morgan fingerprint density at radius 3 is 2.24 bits per heavy atom. The Morgan fingerprint density at radius 2 is 1.68 bits per heavy atom. The van der Waals surface area contributed by atoms with Crippen LogP contribution in [-0.2, 0) is 4.74 Å². The van der Waals surface area contributed by atoms with E-state index in [0.717, 1.165) is 12.3 Å². The first kappa shape index (κ1) is 30.1. The molecule has 2 heteroatoms. The topological polar surface area (TPSA) is 29.5 Å². The van der Waals surface area contributed by atoms with Gasteiger partial charge in [0.05, 0.1) is 6.10 Å². The van der Waals surface area contributed by atoms with Crippen molar-refractivity contribution in [2.75, 3.05) is 0 Å². The highest BCUT2D eigenvalue weighted by Crippen LogP contribution is 2.75. The van der Waals surface area contributed by atoms with Gasteiger partial charge in [-0.3, -0.25) is 0 Å². The first-order valence-electron chi connectivity index (χ1n) is 16.1. The van der Waals surface area contributed by atoms with Crippen LogP contribution in [0.5, 0.6) is 0 Å². The summed E-state index contributed by atoms with van der Waals surface area (Å²) < 4.78 is 6.95. The molecule has 4 aliphatic rings. The largest absolute Gasteiger partial charge is 0.368 e. The summed E-state index contributed by atoms with van der Waals surface area (Å²) >= 11 is 0. The first-order valence-corrected chi connectivity index (χ1v) is 16.1. The molecular weight excluding hydrogens is 464 g/mol. The summed E-state index contributed by atoms with van der Waals surface area (Å²) in [5.74, 6) is 3.86. The highest BCUT2D eigenvalue weighted by molar-refractivity contribution is 5.48. The van der Waals surface area contributed by atoms with Gasteiger partial charge in [-0.25, -0.2) is 0 Å². The van der Waals surface area contributed by atoms with E-state index >= 15 is 0 Å². The number of hydrogen-bond donors (Lipinski definition) is 1. The normalized spacial score (nSPS) is 46.2. The average Bonchev–Trinajstić information content (AvgIpc) is 2.84. The molecule has 216 valence electrons. The zero-order chi connectivity index (χ0) is 28.5. The first-order chi connectivity index (χ1) is 17.6. The number of fused-ring (bicyclic) bond motifs is 2. The fourth-order valence-electron chi connectivity index (χ4n) is 11.3. The zero-order valence-corrected chi connectivity index (χ0v) is 27.0. The van der Waals surface area contributed by atoms with Gasteiger partial charge in [-0.05, 0) is 85.2 Å². The Labute approximate surface area is 235 Å². The highest BCUT2D eigenvalue weighted by atomic mass is 16.6. The monoisotopic (exact) mass is 524 g/mol. The minimum atomic E-state index is -0.729. The van der Waals surface area contributed by atoms with Gasteiger partial charge in [0, 0.05) is 16.2 Å². The third kappa shape index (κ3) is 3.85. The summed E-state index contributed by atoms with van der Waals surface area (Å²) in [5.41, 5.74) is 7.55. The molecule has 0 spiro atoms. The van der Waals surface area contributed by atoms with Crippen LogP contribution in [0.4, 0.5) is 0 Å². The molecule has 1 fully saturated rings. The molecule has 4 aliphatic carbocycles. The molecule has 1 saturated carbocycles. The summed E-state index contributed by atoms with van der Waals surface area (Å²) in [4.78, 5) is 0. The van der Waals surface area contributed by atoms with Gasteiger partial charge in [-0.2, -0.15) is 0 Å². The van der Waals surface area contributed by atoms with E-state index < -0.39 is 6.29 Å². The molecule has 4 rings (SSSR count). The van der Waals surface area contributed by atoms with E-state index in [0.29, 0.717) is 41.9 Å². The maximum atomic E-state index is 11.1. The maximum Gasteiger partial charge on any atom is 0.154 e. The van der Waals surface area contributed by atoms with Gasteiger partial charge in [-0.1, -0.05) is 112 Å². The molecule has 1 N–H and O–H groups in total. The summed E-state index contributed by atoms with van der Waals surface area (Å²) in [6, 6.07) is 0. The Hall–Kier alpha value is -0.860. The number of rotatable bonds is 6. The summed E-state index contributed by atoms with van der Waals surface area (Å²) in [6.45, 7) is 34.0. The van der Waals surface area contributed by atoms with Crippen molar-refractivity contribution in [3.63, 3.8) is 0 Å². The SMILES string of the molecule is C=C1C(C(C)C)=C(C)CC2(C)C(OC(O)CC)C3(C)C(C)C4=C(C(C)C(CCC)CC4)C(C)C3C(C)C12C. The Kier molecular flexibility index (Phi) is 8.08. The van der Waals surface area contributed by atoms with Crippen LogP contribution in [-0.4, -0.2) is 17.5 Å². The third-order valence-electron chi connectivity index (χ3n) is 13.3. The number of ether oxygens (including phenoxy) is 1. The molecule has 0 amide bonds. The van der Waals surface area contributed by atoms with E-state index in [1.165, 1.54) is 42.4 Å². The summed E-state index contributed by atoms with van der Waals surface area (Å²) in [5, 5.41) is 11.1. The van der Waals surface area contributed by atoms with Crippen LogP contribution < -0.4 is 0 Å². The van der Waals surface area contributed by atoms with Crippen LogP contribution in [0.1, 0.15) is 122 Å². The Balaban J connectivity index is 1.97. The van der Waals surface area contributed by atoms with E-state index in [4.69, 9.17) is 11.3 Å². The molecule has 0 heterocycles. The van der Waals surface area contributed by atoms with Gasteiger partial charge >= 0.3 is 0 Å². The number of aliphatic hydroxyl groups excluding tert-OH is 1. The van der Waals surface area contributed by atoms with Crippen molar-refractivity contribution < 1.29 is 9.84 Å². The van der Waals surface area contributed by atoms with Crippen molar-refractivity contribution in [3.05, 3.63) is 34.4 Å². The second-order valence-corrected chi connectivity index (χ2v) is 15.1. The average molecular weight is 525 g/mol. The van der Waals surface area contributed by atoms with Crippen molar-refractivity contribution in [1.82, 2.24) is 0 Å². The van der Waals surface area contributed by atoms with E-state index in [-0.39, 0.29) is 22.3 Å². The van der Waals surface area contributed by atoms with Crippen molar-refractivity contribution in [3.8, 4) is 0 Å². The van der Waals surface area contributed by atoms with Crippen LogP contribution >= 0.6 is 0 Å². The molecule has 11 unspecified atom stereocenters. The van der Waals surface area contributed by atoms with Gasteiger partial charge in [-0.15, -0.1) is 0 Å². The standard InChI is InChI=1S/C36H60O2/c1-14-16-27-17-18-28-24(8)35(12)32(23(7)31(28)22(27)6)26(10)36(13)25(9)30(20(3)4)21(5)19-34(36,11)33(35)38-29(37)15-2/h20,22-24,26-27,29,32-33,37H,9,14-19H2,1-8,10-13H3. The maximum absolute atomic E-state index is 11.1. The smallest absolute Gasteiger partial charge is 0.154 e. The molecule has 0 radical (unpaired) electrons. The predicted octanol–water partition coefficient (Wildman–Crippen LogP) is 9.75. The van der Waals surface area contributed by atoms with Crippen molar-refractivity contribution in [2.45, 2.75) is 134 Å². The molecule has 38 heavy (non-hydrogen) atoms. The van der Waals surface area contributed by atoms with Crippen LogP contribution in [0, 0.1) is 57.7 Å². The fraction of sp³-hybridized carbons (Fsp3) is 0.833. The van der Waals surface area contributed by atoms with Gasteiger partial charge in [0.1, 0.15) is 0 Å². The number of hydrogen-bond acceptors (Lipinski definition) is 2. The number of allylic oxidation sites excluding steroid dienone is 5. The van der Waals surface area contributed by atoms with Gasteiger partial charge in [0.25, 0.3) is 0 Å². The molecule has 0 bridgehead atoms. The van der Waals surface area contributed by atoms with Crippen molar-refractivity contribution in [1.29, 1.82) is 0 Å². The van der Waals surface area contributed by atoms with E-state index in [2.05, 4.69) is 76.2 Å². The van der Waals surface area contributed by atoms with Crippen molar-refractivity contribution in [2.24, 2.45) is 57.7 Å². The lowest BCUT2D eigenvalue weighted by Gasteiger charge is -2.73. The second-order valence-electron chi connectivity index (χ2n) is 15.1. The Morgan fingerprint density at radius 1 is 1.05 bits per heavy atom. The molecule has 0 aromatic carbocycles. The van der Waals surface area contributed by atoms with Crippen LogP contribution in [0.2, 0.25) is 0 Å². The van der Waals surface area contributed by atoms with E-state index in [9.17, 15) is 5.11 Å². The van der Waals surface area contributed by atoms with Crippen LogP contribution in [0.25, 0.3) is 0 Å². The fourth-order valence-corrected chi connectivity index (χ4v) is 11.3. The predicted molar refractivity (Wildman–Crippen MR) is 162 cm³/mol. The Bertz CT molecular complexity index is 1000. The zero-order valence-electron chi connectivity index (χ0n) is 27.0. The van der Waals surface area contributed by atoms with Gasteiger partial charge in [0.15, 0.2) is 6.29 Å². The summed E-state index contributed by atoms with van der Waals surface area (Å²) in [6.07, 6.45) is 6.08. The molecule has 0 saturated heterocycles. The van der Waals surface area contributed by atoms with Crippen LogP contribution in [0.15, 0.2) is 34.4 Å². The minimum Gasteiger partial charge on any atom is -0.368 e. The molecular formula is C36H60O2. The molecule has 0 aromatic rings. The third-order valence-corrected chi connectivity index (χ3v) is 13.3. The molecule has 0 aromatic heterocycles. The molecule has 11 atom stereocenters. The van der Waals surface area contributed by atoms with Gasteiger partial charge in [0.2, 0.25) is 0 Å². The summed E-state index contributed by atoms with van der Waals surface area (Å²) in [7, 11) is 0. The van der Waals surface area contributed by atoms with Crippen LogP contribution in [0.3, 0.4) is 0 Å². The minimum absolute atomic E-state index is 0.0354.